The molecule has 2 amide bonds. The highest BCUT2D eigenvalue weighted by Crippen LogP contribution is 2.42. The third kappa shape index (κ3) is 3.36. The Morgan fingerprint density at radius 2 is 1.48 bits per heavy atom. The smallest absolute Gasteiger partial charge is 0.237 e. The van der Waals surface area contributed by atoms with E-state index in [-0.39, 0.29) is 23.7 Å². The molecule has 0 bridgehead atoms. The van der Waals surface area contributed by atoms with E-state index >= 15 is 0 Å². The summed E-state index contributed by atoms with van der Waals surface area (Å²) in [6.07, 6.45) is 2.66. The molecule has 2 aliphatic rings. The number of ether oxygens (including phenoxy) is 1. The van der Waals surface area contributed by atoms with Gasteiger partial charge in [-0.25, -0.2) is 0 Å². The van der Waals surface area contributed by atoms with Crippen molar-refractivity contribution in [3.8, 4) is 11.5 Å². The van der Waals surface area contributed by atoms with Crippen molar-refractivity contribution in [1.82, 2.24) is 0 Å². The summed E-state index contributed by atoms with van der Waals surface area (Å²) in [5.74, 6) is 1.62. The molecule has 0 spiro atoms. The second-order valence-electron chi connectivity index (χ2n) is 8.06. The number of rotatable bonds is 3. The lowest BCUT2D eigenvalue weighted by molar-refractivity contribution is -0.122. The molecule has 3 atom stereocenters. The van der Waals surface area contributed by atoms with Crippen molar-refractivity contribution in [3.05, 3.63) is 53.6 Å². The highest BCUT2D eigenvalue weighted by atomic mass is 16.5. The summed E-state index contributed by atoms with van der Waals surface area (Å²) in [4.78, 5) is 27.0. The van der Waals surface area contributed by atoms with E-state index in [0.29, 0.717) is 17.4 Å². The average Bonchev–Trinajstić information content (AvgIpc) is 2.85. The van der Waals surface area contributed by atoms with Gasteiger partial charge in [0.2, 0.25) is 11.8 Å². The summed E-state index contributed by atoms with van der Waals surface area (Å²) in [6.45, 7) is 6.23. The van der Waals surface area contributed by atoms with Crippen molar-refractivity contribution in [2.75, 3.05) is 4.90 Å². The van der Waals surface area contributed by atoms with E-state index in [1.807, 2.05) is 38.1 Å². The van der Waals surface area contributed by atoms with Crippen LogP contribution in [0.2, 0.25) is 0 Å². The van der Waals surface area contributed by atoms with E-state index in [1.165, 1.54) is 4.90 Å². The SMILES string of the molecule is Cc1cc(C)cc(Oc2ccc(N3C(=O)[C@H]4CC[C@H](C)C[C@H]4C3=O)cc2)c1. The predicted molar refractivity (Wildman–Crippen MR) is 105 cm³/mol. The van der Waals surface area contributed by atoms with Crippen molar-refractivity contribution in [1.29, 1.82) is 0 Å². The van der Waals surface area contributed by atoms with E-state index in [4.69, 9.17) is 4.74 Å². The highest BCUT2D eigenvalue weighted by molar-refractivity contribution is 6.22. The largest absolute Gasteiger partial charge is 0.457 e. The van der Waals surface area contributed by atoms with Crippen LogP contribution in [-0.4, -0.2) is 11.8 Å². The van der Waals surface area contributed by atoms with E-state index in [1.54, 1.807) is 12.1 Å². The second-order valence-corrected chi connectivity index (χ2v) is 8.06. The number of fused-ring (bicyclic) bond motifs is 1. The fraction of sp³-hybridized carbons (Fsp3) is 0.391. The number of hydrogen-bond donors (Lipinski definition) is 0. The van der Waals surface area contributed by atoms with Crippen LogP contribution in [0.1, 0.15) is 37.3 Å². The summed E-state index contributed by atoms with van der Waals surface area (Å²) >= 11 is 0. The number of carbonyl (C=O) groups is 2. The topological polar surface area (TPSA) is 46.6 Å². The van der Waals surface area contributed by atoms with Crippen LogP contribution in [0.15, 0.2) is 42.5 Å². The number of imide groups is 1. The van der Waals surface area contributed by atoms with Gasteiger partial charge in [-0.3, -0.25) is 14.5 Å². The molecule has 140 valence electrons. The fourth-order valence-electron chi connectivity index (χ4n) is 4.44. The summed E-state index contributed by atoms with van der Waals surface area (Å²) in [5, 5.41) is 0. The van der Waals surface area contributed by atoms with Crippen molar-refractivity contribution < 1.29 is 14.3 Å². The molecular weight excluding hydrogens is 338 g/mol. The van der Waals surface area contributed by atoms with Crippen molar-refractivity contribution in [2.24, 2.45) is 17.8 Å². The monoisotopic (exact) mass is 363 g/mol. The first-order chi connectivity index (χ1) is 12.9. The molecule has 27 heavy (non-hydrogen) atoms. The van der Waals surface area contributed by atoms with Crippen LogP contribution in [0.3, 0.4) is 0 Å². The molecule has 0 N–H and O–H groups in total. The van der Waals surface area contributed by atoms with Crippen LogP contribution in [0, 0.1) is 31.6 Å². The van der Waals surface area contributed by atoms with Crippen LogP contribution in [-0.2, 0) is 9.59 Å². The Kier molecular flexibility index (Phi) is 4.50. The van der Waals surface area contributed by atoms with E-state index in [9.17, 15) is 9.59 Å². The molecular formula is C23H25NO3. The van der Waals surface area contributed by atoms with Crippen molar-refractivity contribution in [2.45, 2.75) is 40.0 Å². The van der Waals surface area contributed by atoms with Gasteiger partial charge in [0, 0.05) is 0 Å². The zero-order valence-electron chi connectivity index (χ0n) is 16.1. The van der Waals surface area contributed by atoms with Gasteiger partial charge in [-0.05, 0) is 86.6 Å². The molecule has 4 nitrogen and oxygen atoms in total. The molecule has 1 aliphatic heterocycles. The summed E-state index contributed by atoms with van der Waals surface area (Å²) < 4.78 is 5.93. The lowest BCUT2D eigenvalue weighted by Gasteiger charge is -2.25. The van der Waals surface area contributed by atoms with Gasteiger partial charge in [-0.2, -0.15) is 0 Å². The molecule has 0 unspecified atom stereocenters. The van der Waals surface area contributed by atoms with Crippen LogP contribution >= 0.6 is 0 Å². The average molecular weight is 363 g/mol. The van der Waals surface area contributed by atoms with Crippen molar-refractivity contribution >= 4 is 17.5 Å². The minimum absolute atomic E-state index is 0.0418. The molecule has 1 aliphatic carbocycles. The molecule has 2 aromatic rings. The zero-order valence-corrected chi connectivity index (χ0v) is 16.1. The van der Waals surface area contributed by atoms with Gasteiger partial charge in [-0.15, -0.1) is 0 Å². The number of aryl methyl sites for hydroxylation is 2. The lowest BCUT2D eigenvalue weighted by Crippen LogP contribution is -2.30. The first-order valence-electron chi connectivity index (χ1n) is 9.66. The number of amides is 2. The van der Waals surface area contributed by atoms with Gasteiger partial charge in [0.1, 0.15) is 11.5 Å². The maximum atomic E-state index is 12.8. The maximum Gasteiger partial charge on any atom is 0.237 e. The van der Waals surface area contributed by atoms with Gasteiger partial charge < -0.3 is 4.74 Å². The number of anilines is 1. The van der Waals surface area contributed by atoms with Gasteiger partial charge in [0.05, 0.1) is 17.5 Å². The Hall–Kier alpha value is -2.62. The van der Waals surface area contributed by atoms with E-state index in [0.717, 1.165) is 36.1 Å². The van der Waals surface area contributed by atoms with Gasteiger partial charge in [0.15, 0.2) is 0 Å². The minimum atomic E-state index is -0.146. The van der Waals surface area contributed by atoms with Crippen LogP contribution in [0.5, 0.6) is 11.5 Å². The normalized spacial score (nSPS) is 24.9. The Morgan fingerprint density at radius 1 is 0.852 bits per heavy atom. The third-order valence-electron chi connectivity index (χ3n) is 5.71. The maximum absolute atomic E-state index is 12.8. The molecule has 1 saturated heterocycles. The lowest BCUT2D eigenvalue weighted by atomic mass is 9.76. The standard InChI is InChI=1S/C23H25NO3/c1-14-4-9-20-21(13-14)23(26)24(22(20)25)17-5-7-18(8-6-17)27-19-11-15(2)10-16(3)12-19/h5-8,10-12,14,20-21H,4,9,13H2,1-3H3/t14-,20-,21+/m0/s1. The van der Waals surface area contributed by atoms with Gasteiger partial charge >= 0.3 is 0 Å². The Bertz CT molecular complexity index is 867. The van der Waals surface area contributed by atoms with Gasteiger partial charge in [-0.1, -0.05) is 13.0 Å². The van der Waals surface area contributed by atoms with Crippen LogP contribution in [0.25, 0.3) is 0 Å². The first kappa shape index (κ1) is 17.8. The molecule has 1 saturated carbocycles. The Morgan fingerprint density at radius 3 is 2.15 bits per heavy atom. The molecule has 0 aromatic heterocycles. The van der Waals surface area contributed by atoms with E-state index < -0.39 is 0 Å². The van der Waals surface area contributed by atoms with Crippen LogP contribution in [0.4, 0.5) is 5.69 Å². The Balaban J connectivity index is 1.53. The number of benzene rings is 2. The predicted octanol–water partition coefficient (Wildman–Crippen LogP) is 5.02. The summed E-state index contributed by atoms with van der Waals surface area (Å²) in [6, 6.07) is 13.3. The van der Waals surface area contributed by atoms with Gasteiger partial charge in [0.25, 0.3) is 0 Å². The molecule has 1 heterocycles. The molecule has 4 heteroatoms. The highest BCUT2D eigenvalue weighted by Gasteiger charge is 2.49. The quantitative estimate of drug-likeness (QED) is 0.719. The molecule has 2 aromatic carbocycles. The summed E-state index contributed by atoms with van der Waals surface area (Å²) in [5.41, 5.74) is 2.93. The third-order valence-corrected chi connectivity index (χ3v) is 5.71. The van der Waals surface area contributed by atoms with Crippen LogP contribution < -0.4 is 9.64 Å². The molecule has 4 rings (SSSR count). The van der Waals surface area contributed by atoms with E-state index in [2.05, 4.69) is 13.0 Å². The second kappa shape index (κ2) is 6.84. The Labute approximate surface area is 160 Å². The first-order valence-corrected chi connectivity index (χ1v) is 9.66. The fourth-order valence-corrected chi connectivity index (χ4v) is 4.44. The number of carbonyl (C=O) groups excluding carboxylic acids is 2. The minimum Gasteiger partial charge on any atom is -0.457 e. The number of hydrogen-bond acceptors (Lipinski definition) is 3. The molecule has 2 fully saturated rings. The molecule has 0 radical (unpaired) electrons. The summed E-state index contributed by atoms with van der Waals surface area (Å²) in [7, 11) is 0. The number of nitrogens with zero attached hydrogens (tertiary/aromatic N) is 1. The van der Waals surface area contributed by atoms with Crippen molar-refractivity contribution in [3.63, 3.8) is 0 Å². The zero-order chi connectivity index (χ0) is 19.1.